The minimum atomic E-state index is 0.800. The minimum Gasteiger partial charge on any atom is -0.316 e. The van der Waals surface area contributed by atoms with E-state index >= 15 is 0 Å². The van der Waals surface area contributed by atoms with Crippen LogP contribution in [0.25, 0.3) is 10.6 Å². The van der Waals surface area contributed by atoms with Crippen molar-refractivity contribution in [2.75, 3.05) is 26.2 Å². The molecule has 1 aromatic carbocycles. The molecule has 1 aliphatic rings. The SMILES string of the molecule is c1ccc(-c2nc(CCNCC3CCCNC3)cs2)cc1. The van der Waals surface area contributed by atoms with Crippen molar-refractivity contribution in [1.29, 1.82) is 0 Å². The molecule has 0 amide bonds. The maximum Gasteiger partial charge on any atom is 0.123 e. The lowest BCUT2D eigenvalue weighted by atomic mass is 10.00. The normalized spacial score (nSPS) is 18.8. The first kappa shape index (κ1) is 14.7. The van der Waals surface area contributed by atoms with Gasteiger partial charge in [0.2, 0.25) is 0 Å². The molecule has 0 spiro atoms. The van der Waals surface area contributed by atoms with Gasteiger partial charge in [0.15, 0.2) is 0 Å². The first-order chi connectivity index (χ1) is 10.4. The molecule has 3 rings (SSSR count). The Hall–Kier alpha value is -1.23. The smallest absolute Gasteiger partial charge is 0.123 e. The third-order valence-corrected chi connectivity index (χ3v) is 4.90. The quantitative estimate of drug-likeness (QED) is 0.806. The van der Waals surface area contributed by atoms with E-state index in [2.05, 4.69) is 40.3 Å². The summed E-state index contributed by atoms with van der Waals surface area (Å²) in [4.78, 5) is 4.73. The average molecular weight is 301 g/mol. The van der Waals surface area contributed by atoms with E-state index in [1.165, 1.54) is 37.2 Å². The van der Waals surface area contributed by atoms with Gasteiger partial charge in [0.1, 0.15) is 5.01 Å². The van der Waals surface area contributed by atoms with Gasteiger partial charge in [0.25, 0.3) is 0 Å². The number of hydrogen-bond acceptors (Lipinski definition) is 4. The van der Waals surface area contributed by atoms with Crippen molar-refractivity contribution in [1.82, 2.24) is 15.6 Å². The molecule has 2 aromatic rings. The minimum absolute atomic E-state index is 0.800. The lowest BCUT2D eigenvalue weighted by Crippen LogP contribution is -2.36. The van der Waals surface area contributed by atoms with E-state index in [1.54, 1.807) is 11.3 Å². The summed E-state index contributed by atoms with van der Waals surface area (Å²) >= 11 is 1.74. The molecule has 1 atom stereocenters. The lowest BCUT2D eigenvalue weighted by molar-refractivity contribution is 0.361. The second kappa shape index (κ2) is 7.69. The highest BCUT2D eigenvalue weighted by molar-refractivity contribution is 7.13. The fraction of sp³-hybridized carbons (Fsp3) is 0.471. The number of piperidine rings is 1. The van der Waals surface area contributed by atoms with Gasteiger partial charge >= 0.3 is 0 Å². The monoisotopic (exact) mass is 301 g/mol. The van der Waals surface area contributed by atoms with Gasteiger partial charge in [-0.1, -0.05) is 30.3 Å². The second-order valence-corrected chi connectivity index (χ2v) is 6.53. The van der Waals surface area contributed by atoms with Crippen LogP contribution in [0, 0.1) is 5.92 Å². The first-order valence-electron chi connectivity index (χ1n) is 7.83. The maximum atomic E-state index is 4.73. The predicted molar refractivity (Wildman–Crippen MR) is 89.7 cm³/mol. The summed E-state index contributed by atoms with van der Waals surface area (Å²) < 4.78 is 0. The highest BCUT2D eigenvalue weighted by atomic mass is 32.1. The summed E-state index contributed by atoms with van der Waals surface area (Å²) in [5, 5.41) is 10.4. The molecule has 0 radical (unpaired) electrons. The van der Waals surface area contributed by atoms with E-state index in [4.69, 9.17) is 4.98 Å². The molecule has 1 aromatic heterocycles. The summed E-state index contributed by atoms with van der Waals surface area (Å²) in [5.74, 6) is 0.800. The summed E-state index contributed by atoms with van der Waals surface area (Å²) in [6.45, 7) is 4.51. The zero-order chi connectivity index (χ0) is 14.3. The van der Waals surface area contributed by atoms with Gasteiger partial charge in [-0.15, -0.1) is 11.3 Å². The number of hydrogen-bond donors (Lipinski definition) is 2. The molecule has 1 fully saturated rings. The number of aromatic nitrogens is 1. The van der Waals surface area contributed by atoms with E-state index in [0.29, 0.717) is 0 Å². The summed E-state index contributed by atoms with van der Waals surface area (Å²) in [7, 11) is 0. The largest absolute Gasteiger partial charge is 0.316 e. The van der Waals surface area contributed by atoms with E-state index in [9.17, 15) is 0 Å². The number of rotatable bonds is 6. The van der Waals surface area contributed by atoms with Crippen LogP contribution in [0.1, 0.15) is 18.5 Å². The van der Waals surface area contributed by atoms with Crippen LogP contribution in [0.5, 0.6) is 0 Å². The number of benzene rings is 1. The topological polar surface area (TPSA) is 37.0 Å². The number of nitrogens with zero attached hydrogens (tertiary/aromatic N) is 1. The van der Waals surface area contributed by atoms with Gasteiger partial charge in [0.05, 0.1) is 5.69 Å². The Morgan fingerprint density at radius 3 is 3.00 bits per heavy atom. The molecule has 112 valence electrons. The zero-order valence-corrected chi connectivity index (χ0v) is 13.2. The fourth-order valence-electron chi connectivity index (χ4n) is 2.76. The molecule has 4 heteroatoms. The van der Waals surface area contributed by atoms with Crippen molar-refractivity contribution in [3.63, 3.8) is 0 Å². The van der Waals surface area contributed by atoms with Crippen LogP contribution in [0.4, 0.5) is 0 Å². The molecule has 2 heterocycles. The van der Waals surface area contributed by atoms with Crippen LogP contribution in [-0.4, -0.2) is 31.2 Å². The molecule has 3 nitrogen and oxygen atoms in total. The molecule has 0 saturated carbocycles. The van der Waals surface area contributed by atoms with E-state index in [1.807, 2.05) is 6.07 Å². The molecule has 0 bridgehead atoms. The molecule has 2 N–H and O–H groups in total. The lowest BCUT2D eigenvalue weighted by Gasteiger charge is -2.22. The van der Waals surface area contributed by atoms with Crippen molar-refractivity contribution < 1.29 is 0 Å². The Balaban J connectivity index is 1.42. The molecular weight excluding hydrogens is 278 g/mol. The third kappa shape index (κ3) is 4.37. The van der Waals surface area contributed by atoms with Crippen molar-refractivity contribution in [3.8, 4) is 10.6 Å². The van der Waals surface area contributed by atoms with Crippen LogP contribution < -0.4 is 10.6 Å². The zero-order valence-electron chi connectivity index (χ0n) is 12.3. The van der Waals surface area contributed by atoms with Crippen LogP contribution in [0.15, 0.2) is 35.7 Å². The molecule has 21 heavy (non-hydrogen) atoms. The Morgan fingerprint density at radius 1 is 1.29 bits per heavy atom. The first-order valence-corrected chi connectivity index (χ1v) is 8.71. The second-order valence-electron chi connectivity index (χ2n) is 5.68. The van der Waals surface area contributed by atoms with E-state index in [-0.39, 0.29) is 0 Å². The van der Waals surface area contributed by atoms with Crippen molar-refractivity contribution in [3.05, 3.63) is 41.4 Å². The standard InChI is InChI=1S/C17H23N3S/c1-2-6-15(7-3-1)17-20-16(13-21-17)8-10-19-12-14-5-4-9-18-11-14/h1-3,6-7,13-14,18-19H,4-5,8-12H2. The Morgan fingerprint density at radius 2 is 2.19 bits per heavy atom. The average Bonchev–Trinajstić information content (AvgIpc) is 3.02. The number of nitrogens with one attached hydrogen (secondary N) is 2. The van der Waals surface area contributed by atoms with Gasteiger partial charge in [-0.25, -0.2) is 4.98 Å². The predicted octanol–water partition coefficient (Wildman–Crippen LogP) is 2.94. The Labute approximate surface area is 130 Å². The van der Waals surface area contributed by atoms with Gasteiger partial charge in [-0.3, -0.25) is 0 Å². The van der Waals surface area contributed by atoms with Gasteiger partial charge in [0, 0.05) is 23.9 Å². The molecule has 1 saturated heterocycles. The summed E-state index contributed by atoms with van der Waals surface area (Å²) in [6, 6.07) is 10.4. The van der Waals surface area contributed by atoms with Gasteiger partial charge in [-0.2, -0.15) is 0 Å². The Bertz CT molecular complexity index is 532. The van der Waals surface area contributed by atoms with Crippen LogP contribution in [0.3, 0.4) is 0 Å². The van der Waals surface area contributed by atoms with E-state index < -0.39 is 0 Å². The van der Waals surface area contributed by atoms with Gasteiger partial charge < -0.3 is 10.6 Å². The highest BCUT2D eigenvalue weighted by Crippen LogP contribution is 2.23. The van der Waals surface area contributed by atoms with Crippen LogP contribution in [0.2, 0.25) is 0 Å². The Kier molecular flexibility index (Phi) is 5.38. The molecular formula is C17H23N3S. The number of thiazole rings is 1. The molecule has 1 unspecified atom stereocenters. The molecule has 0 aliphatic carbocycles. The van der Waals surface area contributed by atoms with Crippen LogP contribution >= 0.6 is 11.3 Å². The van der Waals surface area contributed by atoms with Crippen molar-refractivity contribution >= 4 is 11.3 Å². The maximum absolute atomic E-state index is 4.73. The van der Waals surface area contributed by atoms with Crippen LogP contribution in [-0.2, 0) is 6.42 Å². The summed E-state index contributed by atoms with van der Waals surface area (Å²) in [5.41, 5.74) is 2.42. The van der Waals surface area contributed by atoms with Gasteiger partial charge in [-0.05, 0) is 38.4 Å². The van der Waals surface area contributed by atoms with E-state index in [0.717, 1.165) is 30.4 Å². The molecule has 1 aliphatic heterocycles. The fourth-order valence-corrected chi connectivity index (χ4v) is 3.62. The summed E-state index contributed by atoms with van der Waals surface area (Å²) in [6.07, 6.45) is 3.69. The highest BCUT2D eigenvalue weighted by Gasteiger charge is 2.12. The van der Waals surface area contributed by atoms with Crippen molar-refractivity contribution in [2.45, 2.75) is 19.3 Å². The van der Waals surface area contributed by atoms with Crippen molar-refractivity contribution in [2.24, 2.45) is 5.92 Å². The third-order valence-electron chi connectivity index (χ3n) is 3.96.